The van der Waals surface area contributed by atoms with Crippen LogP contribution in [0.3, 0.4) is 0 Å². The van der Waals surface area contributed by atoms with Crippen LogP contribution >= 0.6 is 0 Å². The normalized spacial score (nSPS) is 9.67. The van der Waals surface area contributed by atoms with Gasteiger partial charge >= 0.3 is 7.32 Å². The van der Waals surface area contributed by atoms with Crippen LogP contribution in [0.2, 0.25) is 0 Å². The Morgan fingerprint density at radius 1 is 1.33 bits per heavy atom. The second kappa shape index (κ2) is 8.03. The van der Waals surface area contributed by atoms with Crippen LogP contribution in [0.25, 0.3) is 0 Å². The molecule has 0 unspecified atom stereocenters. The van der Waals surface area contributed by atoms with Gasteiger partial charge in [0.1, 0.15) is 11.6 Å². The molecule has 1 rings (SSSR count). The second-order valence-electron chi connectivity index (χ2n) is 3.84. The molecule has 0 bridgehead atoms. The summed E-state index contributed by atoms with van der Waals surface area (Å²) in [6, 6.07) is 3.22. The van der Waals surface area contributed by atoms with Crippen molar-refractivity contribution in [3.05, 3.63) is 42.2 Å². The number of rotatable bonds is 7. The Balaban J connectivity index is 2.54. The van der Waals surface area contributed by atoms with E-state index in [0.717, 1.165) is 18.2 Å². The lowest BCUT2D eigenvalue weighted by atomic mass is 10.1. The molecule has 0 fully saturated rings. The molecule has 0 aliphatic heterocycles. The Bertz CT molecular complexity index is 538. The first-order chi connectivity index (χ1) is 9.93. The third-order valence-corrected chi connectivity index (χ3v) is 2.32. The van der Waals surface area contributed by atoms with E-state index in [-0.39, 0.29) is 30.3 Å². The van der Waals surface area contributed by atoms with Crippen molar-refractivity contribution in [1.82, 2.24) is 10.6 Å². The zero-order valence-electron chi connectivity index (χ0n) is 11.0. The Morgan fingerprint density at radius 2 is 2.00 bits per heavy atom. The highest BCUT2D eigenvalue weighted by atomic mass is 19.1. The molecule has 0 heterocycles. The summed E-state index contributed by atoms with van der Waals surface area (Å²) in [5.41, 5.74) is -0.232. The van der Waals surface area contributed by atoms with Gasteiger partial charge in [-0.05, 0) is 18.2 Å². The largest absolute Gasteiger partial charge is 0.707 e. The van der Waals surface area contributed by atoms with Gasteiger partial charge in [0.2, 0.25) is 5.91 Å². The van der Waals surface area contributed by atoms with Crippen LogP contribution in [0, 0.1) is 5.82 Å². The van der Waals surface area contributed by atoms with Crippen LogP contribution in [0.1, 0.15) is 10.4 Å². The molecule has 0 aliphatic rings. The third-order valence-electron chi connectivity index (χ3n) is 2.32. The number of carbonyl (C=O) groups excluding carboxylic acids is 2. The number of hydrogen-bond acceptors (Lipinski definition) is 5. The van der Waals surface area contributed by atoms with E-state index in [1.165, 1.54) is 6.07 Å². The summed E-state index contributed by atoms with van der Waals surface area (Å²) in [4.78, 5) is 22.5. The summed E-state index contributed by atoms with van der Waals surface area (Å²) in [7, 11) is -2.07. The quantitative estimate of drug-likeness (QED) is 0.299. The molecule has 0 aliphatic carbocycles. The first-order valence-corrected chi connectivity index (χ1v) is 5.95. The molecule has 1 aromatic carbocycles. The van der Waals surface area contributed by atoms with E-state index in [4.69, 9.17) is 10.0 Å². The molecular formula is C12H14BFN2O5. The molecule has 9 heteroatoms. The maximum absolute atomic E-state index is 13.7. The van der Waals surface area contributed by atoms with Gasteiger partial charge in [-0.25, -0.2) is 4.39 Å². The van der Waals surface area contributed by atoms with Crippen molar-refractivity contribution in [2.75, 3.05) is 13.1 Å². The summed E-state index contributed by atoms with van der Waals surface area (Å²) in [5.74, 6) is -2.05. The van der Waals surface area contributed by atoms with Gasteiger partial charge in [0.05, 0.1) is 5.56 Å². The van der Waals surface area contributed by atoms with Gasteiger partial charge in [-0.2, -0.15) is 0 Å². The fourth-order valence-corrected chi connectivity index (χ4v) is 1.40. The van der Waals surface area contributed by atoms with E-state index in [2.05, 4.69) is 21.9 Å². The Hall–Kier alpha value is -2.39. The van der Waals surface area contributed by atoms with Gasteiger partial charge < -0.3 is 25.3 Å². The van der Waals surface area contributed by atoms with Crippen molar-refractivity contribution in [3.8, 4) is 5.75 Å². The second-order valence-corrected chi connectivity index (χ2v) is 3.84. The summed E-state index contributed by atoms with van der Waals surface area (Å²) in [5, 5.41) is 22.0. The first-order valence-electron chi connectivity index (χ1n) is 5.95. The fraction of sp³-hybridized carbons (Fsp3) is 0.167. The summed E-state index contributed by atoms with van der Waals surface area (Å²) < 4.78 is 18.1. The van der Waals surface area contributed by atoms with Crippen LogP contribution in [-0.4, -0.2) is 42.3 Å². The van der Waals surface area contributed by atoms with E-state index in [1.807, 2.05) is 0 Å². The van der Waals surface area contributed by atoms with E-state index in [0.29, 0.717) is 0 Å². The number of nitrogens with one attached hydrogen (secondary N) is 2. The minimum absolute atomic E-state index is 0.117. The Labute approximate surface area is 120 Å². The lowest BCUT2D eigenvalue weighted by molar-refractivity contribution is -0.116. The van der Waals surface area contributed by atoms with Crippen LogP contribution in [0.15, 0.2) is 30.9 Å². The monoisotopic (exact) mass is 296 g/mol. The number of halogens is 1. The molecule has 2 amide bonds. The predicted octanol–water partition coefficient (Wildman–Crippen LogP) is -0.794. The molecular weight excluding hydrogens is 282 g/mol. The molecule has 4 N–H and O–H groups in total. The van der Waals surface area contributed by atoms with Crippen molar-refractivity contribution >= 4 is 19.1 Å². The summed E-state index contributed by atoms with van der Waals surface area (Å²) >= 11 is 0. The van der Waals surface area contributed by atoms with Gasteiger partial charge in [0.15, 0.2) is 0 Å². The van der Waals surface area contributed by atoms with Crippen LogP contribution in [-0.2, 0) is 4.79 Å². The van der Waals surface area contributed by atoms with E-state index < -0.39 is 19.0 Å². The predicted molar refractivity (Wildman–Crippen MR) is 72.8 cm³/mol. The number of benzene rings is 1. The first kappa shape index (κ1) is 16.7. The van der Waals surface area contributed by atoms with E-state index in [1.54, 1.807) is 0 Å². The fourth-order valence-electron chi connectivity index (χ4n) is 1.40. The highest BCUT2D eigenvalue weighted by Gasteiger charge is 2.15. The molecule has 0 spiro atoms. The average molecular weight is 296 g/mol. The van der Waals surface area contributed by atoms with Crippen molar-refractivity contribution in [3.63, 3.8) is 0 Å². The molecule has 0 saturated heterocycles. The summed E-state index contributed by atoms with van der Waals surface area (Å²) in [6.45, 7) is 3.56. The third kappa shape index (κ3) is 5.63. The lowest BCUT2D eigenvalue weighted by Crippen LogP contribution is -2.34. The molecule has 21 heavy (non-hydrogen) atoms. The van der Waals surface area contributed by atoms with Crippen LogP contribution in [0.5, 0.6) is 5.75 Å². The van der Waals surface area contributed by atoms with Gasteiger partial charge in [-0.1, -0.05) is 6.58 Å². The number of carbonyl (C=O) groups is 2. The summed E-state index contributed by atoms with van der Waals surface area (Å²) in [6.07, 6.45) is 1.09. The van der Waals surface area contributed by atoms with Crippen molar-refractivity contribution < 1.29 is 28.7 Å². The van der Waals surface area contributed by atoms with Gasteiger partial charge in [-0.3, -0.25) is 9.59 Å². The van der Waals surface area contributed by atoms with Crippen LogP contribution in [0.4, 0.5) is 4.39 Å². The molecule has 0 saturated carbocycles. The minimum Gasteiger partial charge on any atom is -0.512 e. The van der Waals surface area contributed by atoms with E-state index in [9.17, 15) is 14.0 Å². The molecule has 7 nitrogen and oxygen atoms in total. The average Bonchev–Trinajstić information content (AvgIpc) is 2.42. The standard InChI is InChI=1S/C12H14BFN2O5/c1-2-11(17)15-5-6-16-12(18)9-4-3-8(7-10(9)14)21-13(19)20/h2-4,7,19-20H,1,5-6H2,(H,15,17)(H,16,18). The van der Waals surface area contributed by atoms with Crippen LogP contribution < -0.4 is 15.3 Å². The molecule has 1 aromatic rings. The van der Waals surface area contributed by atoms with Crippen molar-refractivity contribution in [2.24, 2.45) is 0 Å². The highest BCUT2D eigenvalue weighted by Crippen LogP contribution is 2.16. The van der Waals surface area contributed by atoms with Crippen molar-refractivity contribution in [2.45, 2.75) is 0 Å². The zero-order chi connectivity index (χ0) is 15.8. The molecule has 0 aromatic heterocycles. The smallest absolute Gasteiger partial charge is 0.512 e. The van der Waals surface area contributed by atoms with Crippen molar-refractivity contribution in [1.29, 1.82) is 0 Å². The number of amides is 2. The Kier molecular flexibility index (Phi) is 6.37. The highest BCUT2D eigenvalue weighted by molar-refractivity contribution is 6.33. The van der Waals surface area contributed by atoms with E-state index >= 15 is 0 Å². The zero-order valence-corrected chi connectivity index (χ0v) is 11.0. The molecule has 0 radical (unpaired) electrons. The van der Waals surface area contributed by atoms with Gasteiger partial charge in [0, 0.05) is 19.2 Å². The molecule has 0 atom stereocenters. The maximum atomic E-state index is 13.7. The Morgan fingerprint density at radius 3 is 2.57 bits per heavy atom. The van der Waals surface area contributed by atoms with Gasteiger partial charge in [-0.15, -0.1) is 0 Å². The molecule has 112 valence electrons. The van der Waals surface area contributed by atoms with Gasteiger partial charge in [0.25, 0.3) is 5.91 Å². The minimum atomic E-state index is -2.07. The topological polar surface area (TPSA) is 108 Å². The lowest BCUT2D eigenvalue weighted by Gasteiger charge is -2.09. The SMILES string of the molecule is C=CC(=O)NCCNC(=O)c1ccc(OB(O)O)cc1F. The maximum Gasteiger partial charge on any atom is 0.707 e. The number of hydrogen-bond donors (Lipinski definition) is 4.